The summed E-state index contributed by atoms with van der Waals surface area (Å²) >= 11 is 0. The Bertz CT molecular complexity index is 1060. The Kier molecular flexibility index (Phi) is 8.95. The van der Waals surface area contributed by atoms with E-state index in [9.17, 15) is 18.0 Å². The number of unbranched alkanes of at least 4 members (excludes halogenated alkanes) is 1. The van der Waals surface area contributed by atoms with Crippen LogP contribution in [0.4, 0.5) is 5.69 Å². The number of Topliss-reactive ketones (excluding diaryl/α,β-unsaturated/α-hetero) is 1. The Hall–Kier alpha value is -2.29. The van der Waals surface area contributed by atoms with Crippen LogP contribution in [0.2, 0.25) is 0 Å². The van der Waals surface area contributed by atoms with Gasteiger partial charge in [0.15, 0.2) is 5.78 Å². The van der Waals surface area contributed by atoms with Gasteiger partial charge in [-0.05, 0) is 50.0 Å². The molecular weight excluding hydrogens is 430 g/mol. The molecule has 2 rings (SSSR count). The van der Waals surface area contributed by atoms with Crippen molar-refractivity contribution >= 4 is 38.3 Å². The highest BCUT2D eigenvalue weighted by atomic mass is 32.2. The number of carbonyl (C=O) groups excluding carboxylic acids is 2. The van der Waals surface area contributed by atoms with Crippen molar-refractivity contribution in [1.29, 1.82) is 0 Å². The molecule has 0 aliphatic carbocycles. The Morgan fingerprint density at radius 3 is 2.34 bits per heavy atom. The normalized spacial score (nSPS) is 13.8. The molecule has 2 aromatic rings. The van der Waals surface area contributed by atoms with Gasteiger partial charge in [0.1, 0.15) is 10.5 Å². The molecule has 0 saturated carbocycles. The van der Waals surface area contributed by atoms with Gasteiger partial charge in [-0.3, -0.25) is 13.8 Å². The molecule has 7 nitrogen and oxygen atoms in total. The first-order valence-electron chi connectivity index (χ1n) is 10.7. The van der Waals surface area contributed by atoms with Crippen LogP contribution in [0.3, 0.4) is 0 Å². The highest BCUT2D eigenvalue weighted by Gasteiger charge is 2.35. The highest BCUT2D eigenvalue weighted by Crippen LogP contribution is 2.32. The molecule has 176 valence electrons. The lowest BCUT2D eigenvalue weighted by atomic mass is 9.84. The Balaban J connectivity index is 2.11. The van der Waals surface area contributed by atoms with Crippen molar-refractivity contribution in [2.24, 2.45) is 5.92 Å². The van der Waals surface area contributed by atoms with Crippen molar-refractivity contribution in [3.05, 3.63) is 36.4 Å². The van der Waals surface area contributed by atoms with Crippen LogP contribution in [-0.2, 0) is 28.6 Å². The van der Waals surface area contributed by atoms with E-state index in [0.29, 0.717) is 37.0 Å². The number of hydrogen-bond donors (Lipinski definition) is 1. The molecule has 0 bridgehead atoms. The topological polar surface area (TPSA) is 98.8 Å². The number of nitrogens with one attached hydrogen (secondary N) is 1. The molecule has 32 heavy (non-hydrogen) atoms. The maximum Gasteiger partial charge on any atom is 0.299 e. The molecule has 0 heterocycles. The maximum atomic E-state index is 12.6. The summed E-state index contributed by atoms with van der Waals surface area (Å²) in [7, 11) is -1.40. The summed E-state index contributed by atoms with van der Waals surface area (Å²) in [5.41, 5.74) is -0.645. The largest absolute Gasteiger partial charge is 0.370 e. The van der Waals surface area contributed by atoms with E-state index in [2.05, 4.69) is 5.32 Å². The Labute approximate surface area is 190 Å². The minimum Gasteiger partial charge on any atom is -0.370 e. The van der Waals surface area contributed by atoms with Crippen LogP contribution in [0.25, 0.3) is 10.8 Å². The number of hydrogen-bond acceptors (Lipinski definition) is 6. The summed E-state index contributed by atoms with van der Waals surface area (Å²) in [6, 6.07) is 10.3. The molecule has 0 spiro atoms. The van der Waals surface area contributed by atoms with Crippen molar-refractivity contribution in [3.8, 4) is 0 Å². The van der Waals surface area contributed by atoms with E-state index in [1.807, 2.05) is 19.9 Å². The van der Waals surface area contributed by atoms with Gasteiger partial charge < -0.3 is 10.1 Å². The minimum atomic E-state index is -4.04. The fourth-order valence-corrected chi connectivity index (χ4v) is 5.02. The van der Waals surface area contributed by atoms with Gasteiger partial charge >= 0.3 is 0 Å². The zero-order valence-corrected chi connectivity index (χ0v) is 20.3. The van der Waals surface area contributed by atoms with Gasteiger partial charge in [0.05, 0.1) is 12.8 Å². The van der Waals surface area contributed by atoms with E-state index in [0.717, 1.165) is 12.5 Å². The standard InChI is InChI=1S/C24H33NO6S/c1-17(2)16-24(30-4,18(3)26)15-9-8-12-22(27)25-21-14-13-19-10-6-7-11-20(19)23(21)32(28,29)31-5/h6-7,10-11,13-14,17H,8-9,12,15-16H2,1-5H3,(H,25,27). The van der Waals surface area contributed by atoms with E-state index in [-0.39, 0.29) is 28.7 Å². The summed E-state index contributed by atoms with van der Waals surface area (Å²) in [5.74, 6) is -0.0116. The molecule has 8 heteroatoms. The van der Waals surface area contributed by atoms with Gasteiger partial charge in [-0.1, -0.05) is 44.2 Å². The number of anilines is 1. The lowest BCUT2D eigenvalue weighted by Gasteiger charge is -2.31. The summed E-state index contributed by atoms with van der Waals surface area (Å²) in [6.45, 7) is 5.62. The van der Waals surface area contributed by atoms with Gasteiger partial charge in [0.25, 0.3) is 10.1 Å². The number of ether oxygens (including phenoxy) is 1. The smallest absolute Gasteiger partial charge is 0.299 e. The van der Waals surface area contributed by atoms with Crippen molar-refractivity contribution in [1.82, 2.24) is 0 Å². The van der Waals surface area contributed by atoms with Crippen LogP contribution in [0.5, 0.6) is 0 Å². The van der Waals surface area contributed by atoms with Crippen molar-refractivity contribution in [3.63, 3.8) is 0 Å². The van der Waals surface area contributed by atoms with Crippen molar-refractivity contribution in [2.45, 2.75) is 63.4 Å². The molecule has 0 fully saturated rings. The van der Waals surface area contributed by atoms with Gasteiger partial charge in [-0.2, -0.15) is 8.42 Å². The van der Waals surface area contributed by atoms with E-state index >= 15 is 0 Å². The van der Waals surface area contributed by atoms with E-state index in [4.69, 9.17) is 8.92 Å². The number of amides is 1. The fraction of sp³-hybridized carbons (Fsp3) is 0.500. The van der Waals surface area contributed by atoms with E-state index in [1.54, 1.807) is 37.4 Å². The second-order valence-electron chi connectivity index (χ2n) is 8.39. The van der Waals surface area contributed by atoms with Crippen molar-refractivity contribution in [2.75, 3.05) is 19.5 Å². The highest BCUT2D eigenvalue weighted by molar-refractivity contribution is 7.87. The van der Waals surface area contributed by atoms with E-state index < -0.39 is 15.7 Å². The quantitative estimate of drug-likeness (QED) is 0.362. The summed E-state index contributed by atoms with van der Waals surface area (Å²) in [4.78, 5) is 24.7. The molecular formula is C24H33NO6S. The molecule has 0 aliphatic heterocycles. The monoisotopic (exact) mass is 463 g/mol. The third kappa shape index (κ3) is 6.15. The molecule has 0 radical (unpaired) electrons. The van der Waals surface area contributed by atoms with Crippen LogP contribution >= 0.6 is 0 Å². The predicted octanol–water partition coefficient (Wildman–Crippen LogP) is 4.69. The van der Waals surface area contributed by atoms with Gasteiger partial charge in [0, 0.05) is 18.9 Å². The zero-order valence-electron chi connectivity index (χ0n) is 19.4. The lowest BCUT2D eigenvalue weighted by molar-refractivity contribution is -0.142. The molecule has 0 aromatic heterocycles. The molecule has 1 N–H and O–H groups in total. The zero-order chi connectivity index (χ0) is 23.9. The van der Waals surface area contributed by atoms with Crippen LogP contribution in [-0.4, -0.2) is 39.9 Å². The minimum absolute atomic E-state index is 0.0104. The fourth-order valence-electron chi connectivity index (χ4n) is 4.01. The SMILES string of the molecule is COC(CCCCC(=O)Nc1ccc2ccccc2c1S(=O)(=O)OC)(CC(C)C)C(C)=O. The average Bonchev–Trinajstić information content (AvgIpc) is 2.75. The Morgan fingerprint density at radius 1 is 1.06 bits per heavy atom. The lowest BCUT2D eigenvalue weighted by Crippen LogP contribution is -2.40. The van der Waals surface area contributed by atoms with Crippen LogP contribution in [0.1, 0.15) is 52.9 Å². The third-order valence-electron chi connectivity index (χ3n) is 5.63. The van der Waals surface area contributed by atoms with Crippen molar-refractivity contribution < 1.29 is 26.9 Å². The van der Waals surface area contributed by atoms with Crippen LogP contribution in [0, 0.1) is 5.92 Å². The molecule has 0 aliphatic rings. The summed E-state index contributed by atoms with van der Waals surface area (Å²) in [5, 5.41) is 3.92. The van der Waals surface area contributed by atoms with Crippen LogP contribution < -0.4 is 5.32 Å². The van der Waals surface area contributed by atoms with E-state index in [1.165, 1.54) is 6.92 Å². The van der Waals surface area contributed by atoms with Gasteiger partial charge in [0.2, 0.25) is 5.91 Å². The predicted molar refractivity (Wildman–Crippen MR) is 125 cm³/mol. The van der Waals surface area contributed by atoms with Gasteiger partial charge in [-0.25, -0.2) is 0 Å². The maximum absolute atomic E-state index is 12.6. The molecule has 1 atom stereocenters. The Morgan fingerprint density at radius 2 is 1.75 bits per heavy atom. The third-order valence-corrected chi connectivity index (χ3v) is 7.01. The number of benzene rings is 2. The number of methoxy groups -OCH3 is 1. The first-order valence-corrected chi connectivity index (χ1v) is 12.2. The molecule has 1 amide bonds. The average molecular weight is 464 g/mol. The number of rotatable bonds is 12. The summed E-state index contributed by atoms with van der Waals surface area (Å²) in [6.07, 6.45) is 2.53. The number of ketones is 1. The van der Waals surface area contributed by atoms with Crippen LogP contribution in [0.15, 0.2) is 41.3 Å². The molecule has 2 aromatic carbocycles. The second kappa shape index (κ2) is 11.0. The van der Waals surface area contributed by atoms with Gasteiger partial charge in [-0.15, -0.1) is 0 Å². The second-order valence-corrected chi connectivity index (χ2v) is 10.0. The molecule has 0 saturated heterocycles. The summed E-state index contributed by atoms with van der Waals surface area (Å²) < 4.78 is 35.4. The molecule has 1 unspecified atom stereocenters. The first-order chi connectivity index (χ1) is 15.1. The number of carbonyl (C=O) groups is 2. The number of fused-ring (bicyclic) bond motifs is 1. The first kappa shape index (κ1) is 26.0.